The molecular weight excluding hydrogens is 221 g/mol. The minimum absolute atomic E-state index is 0.0421. The van der Waals surface area contributed by atoms with Gasteiger partial charge in [-0.3, -0.25) is 4.79 Å². The molecule has 4 heteroatoms. The molecule has 1 atom stereocenters. The number of carbonyl (C=O) groups excluding carboxylic acids is 1. The van der Waals surface area contributed by atoms with E-state index < -0.39 is 5.82 Å². The molecule has 0 radical (unpaired) electrons. The SMILES string of the molecule is COc1cccc(C(=O)CC(N)C(C)C)c1F. The minimum atomic E-state index is -0.615. The first kappa shape index (κ1) is 13.6. The summed E-state index contributed by atoms with van der Waals surface area (Å²) in [4.78, 5) is 11.9. The van der Waals surface area contributed by atoms with Crippen molar-refractivity contribution in [1.29, 1.82) is 0 Å². The Kier molecular flexibility index (Phi) is 4.63. The van der Waals surface area contributed by atoms with Crippen molar-refractivity contribution in [2.24, 2.45) is 11.7 Å². The second kappa shape index (κ2) is 5.77. The maximum atomic E-state index is 13.8. The number of halogens is 1. The molecule has 0 amide bonds. The van der Waals surface area contributed by atoms with Crippen LogP contribution in [0, 0.1) is 11.7 Å². The average molecular weight is 239 g/mol. The Balaban J connectivity index is 2.89. The van der Waals surface area contributed by atoms with Crippen LogP contribution in [0.1, 0.15) is 30.6 Å². The lowest BCUT2D eigenvalue weighted by Crippen LogP contribution is -2.29. The molecule has 0 aliphatic heterocycles. The highest BCUT2D eigenvalue weighted by Crippen LogP contribution is 2.21. The lowest BCUT2D eigenvalue weighted by Gasteiger charge is -2.15. The van der Waals surface area contributed by atoms with Gasteiger partial charge in [0, 0.05) is 12.5 Å². The number of nitrogens with two attached hydrogens (primary N) is 1. The highest BCUT2D eigenvalue weighted by atomic mass is 19.1. The summed E-state index contributed by atoms with van der Waals surface area (Å²) in [6.07, 6.45) is 0.141. The Hall–Kier alpha value is -1.42. The molecule has 0 spiro atoms. The van der Waals surface area contributed by atoms with Crippen molar-refractivity contribution >= 4 is 5.78 Å². The zero-order valence-electron chi connectivity index (χ0n) is 10.4. The van der Waals surface area contributed by atoms with Gasteiger partial charge in [0.05, 0.1) is 12.7 Å². The standard InChI is InChI=1S/C13H18FNO2/c1-8(2)10(15)7-11(16)9-5-4-6-12(17-3)13(9)14/h4-6,8,10H,7,15H2,1-3H3. The van der Waals surface area contributed by atoms with E-state index in [0.717, 1.165) is 0 Å². The Morgan fingerprint density at radius 3 is 2.65 bits per heavy atom. The van der Waals surface area contributed by atoms with E-state index in [-0.39, 0.29) is 35.5 Å². The molecule has 0 aliphatic rings. The Morgan fingerprint density at radius 2 is 2.12 bits per heavy atom. The fraction of sp³-hybridized carbons (Fsp3) is 0.462. The minimum Gasteiger partial charge on any atom is -0.494 e. The van der Waals surface area contributed by atoms with Crippen LogP contribution in [0.5, 0.6) is 5.75 Å². The predicted molar refractivity (Wildman–Crippen MR) is 64.7 cm³/mol. The van der Waals surface area contributed by atoms with Gasteiger partial charge in [0.25, 0.3) is 0 Å². The summed E-state index contributed by atoms with van der Waals surface area (Å²) in [7, 11) is 1.37. The molecule has 1 rings (SSSR count). The summed E-state index contributed by atoms with van der Waals surface area (Å²) in [5.41, 5.74) is 5.84. The van der Waals surface area contributed by atoms with Crippen molar-refractivity contribution in [2.75, 3.05) is 7.11 Å². The van der Waals surface area contributed by atoms with E-state index in [4.69, 9.17) is 10.5 Å². The van der Waals surface area contributed by atoms with E-state index in [1.165, 1.54) is 19.2 Å². The Bertz CT molecular complexity index is 404. The average Bonchev–Trinajstić information content (AvgIpc) is 2.28. The van der Waals surface area contributed by atoms with E-state index in [1.807, 2.05) is 13.8 Å². The fourth-order valence-corrected chi connectivity index (χ4v) is 1.44. The second-order valence-corrected chi connectivity index (χ2v) is 4.36. The molecule has 0 saturated heterocycles. The summed E-state index contributed by atoms with van der Waals surface area (Å²) in [6, 6.07) is 4.27. The third-order valence-corrected chi connectivity index (χ3v) is 2.76. The van der Waals surface area contributed by atoms with Gasteiger partial charge in [0.1, 0.15) is 0 Å². The van der Waals surface area contributed by atoms with E-state index >= 15 is 0 Å². The summed E-state index contributed by atoms with van der Waals surface area (Å²) in [5, 5.41) is 0. The Morgan fingerprint density at radius 1 is 1.47 bits per heavy atom. The van der Waals surface area contributed by atoms with Gasteiger partial charge >= 0.3 is 0 Å². The van der Waals surface area contributed by atoms with Crippen LogP contribution in [0.25, 0.3) is 0 Å². The molecule has 17 heavy (non-hydrogen) atoms. The number of hydrogen-bond acceptors (Lipinski definition) is 3. The van der Waals surface area contributed by atoms with Crippen molar-refractivity contribution in [3.8, 4) is 5.75 Å². The van der Waals surface area contributed by atoms with Crippen LogP contribution in [0.4, 0.5) is 4.39 Å². The number of Topliss-reactive ketones (excluding diaryl/α,β-unsaturated/α-hetero) is 1. The normalized spacial score (nSPS) is 12.6. The van der Waals surface area contributed by atoms with Gasteiger partial charge in [-0.15, -0.1) is 0 Å². The van der Waals surface area contributed by atoms with Crippen LogP contribution in [0.2, 0.25) is 0 Å². The van der Waals surface area contributed by atoms with Gasteiger partial charge < -0.3 is 10.5 Å². The highest BCUT2D eigenvalue weighted by Gasteiger charge is 2.19. The van der Waals surface area contributed by atoms with Gasteiger partial charge in [-0.05, 0) is 18.1 Å². The molecule has 1 aromatic rings. The van der Waals surface area contributed by atoms with Gasteiger partial charge in [-0.2, -0.15) is 0 Å². The second-order valence-electron chi connectivity index (χ2n) is 4.36. The number of ether oxygens (including phenoxy) is 1. The summed E-state index contributed by atoms with van der Waals surface area (Å²) in [5.74, 6) is -0.639. The summed E-state index contributed by atoms with van der Waals surface area (Å²) >= 11 is 0. The van der Waals surface area contributed by atoms with Crippen molar-refractivity contribution in [3.63, 3.8) is 0 Å². The van der Waals surface area contributed by atoms with Crippen LogP contribution >= 0.6 is 0 Å². The van der Waals surface area contributed by atoms with Crippen LogP contribution in [0.3, 0.4) is 0 Å². The van der Waals surface area contributed by atoms with Crippen LogP contribution in [-0.4, -0.2) is 18.9 Å². The van der Waals surface area contributed by atoms with E-state index in [0.29, 0.717) is 0 Å². The number of benzene rings is 1. The molecular formula is C13H18FNO2. The molecule has 0 heterocycles. The molecule has 1 unspecified atom stereocenters. The largest absolute Gasteiger partial charge is 0.494 e. The van der Waals surface area contributed by atoms with Gasteiger partial charge in [0.2, 0.25) is 0 Å². The topological polar surface area (TPSA) is 52.3 Å². The van der Waals surface area contributed by atoms with E-state index in [2.05, 4.69) is 0 Å². The highest BCUT2D eigenvalue weighted by molar-refractivity contribution is 5.97. The van der Waals surface area contributed by atoms with Crippen LogP contribution in [-0.2, 0) is 0 Å². The maximum Gasteiger partial charge on any atom is 0.175 e. The molecule has 0 saturated carbocycles. The molecule has 0 aliphatic carbocycles. The van der Waals surface area contributed by atoms with Crippen molar-refractivity contribution in [3.05, 3.63) is 29.6 Å². The fourth-order valence-electron chi connectivity index (χ4n) is 1.44. The van der Waals surface area contributed by atoms with Gasteiger partial charge in [-0.1, -0.05) is 19.9 Å². The molecule has 0 bridgehead atoms. The zero-order chi connectivity index (χ0) is 13.0. The number of rotatable bonds is 5. The summed E-state index contributed by atoms with van der Waals surface area (Å²) < 4.78 is 18.6. The number of ketones is 1. The monoisotopic (exact) mass is 239 g/mol. The lowest BCUT2D eigenvalue weighted by molar-refractivity contribution is 0.0963. The van der Waals surface area contributed by atoms with Crippen molar-refractivity contribution < 1.29 is 13.9 Å². The first-order valence-corrected chi connectivity index (χ1v) is 5.58. The quantitative estimate of drug-likeness (QED) is 0.803. The molecule has 1 aromatic carbocycles. The maximum absolute atomic E-state index is 13.8. The predicted octanol–water partition coefficient (Wildman–Crippen LogP) is 2.39. The summed E-state index contributed by atoms with van der Waals surface area (Å²) in [6.45, 7) is 3.86. The van der Waals surface area contributed by atoms with Gasteiger partial charge in [-0.25, -0.2) is 4.39 Å². The third kappa shape index (κ3) is 3.27. The van der Waals surface area contributed by atoms with Crippen molar-refractivity contribution in [1.82, 2.24) is 0 Å². The van der Waals surface area contributed by atoms with E-state index in [9.17, 15) is 9.18 Å². The third-order valence-electron chi connectivity index (χ3n) is 2.76. The van der Waals surface area contributed by atoms with Crippen LogP contribution in [0.15, 0.2) is 18.2 Å². The molecule has 94 valence electrons. The molecule has 0 fully saturated rings. The molecule has 3 nitrogen and oxygen atoms in total. The van der Waals surface area contributed by atoms with Gasteiger partial charge in [0.15, 0.2) is 17.3 Å². The first-order valence-electron chi connectivity index (χ1n) is 5.58. The lowest BCUT2D eigenvalue weighted by atomic mass is 9.96. The van der Waals surface area contributed by atoms with E-state index in [1.54, 1.807) is 6.07 Å². The number of hydrogen-bond donors (Lipinski definition) is 1. The number of carbonyl (C=O) groups is 1. The first-order chi connectivity index (χ1) is 7.97. The molecule has 0 aromatic heterocycles. The zero-order valence-corrected chi connectivity index (χ0v) is 10.4. The Labute approximate surface area is 101 Å². The van der Waals surface area contributed by atoms with Crippen LogP contribution < -0.4 is 10.5 Å². The number of methoxy groups -OCH3 is 1. The molecule has 2 N–H and O–H groups in total. The van der Waals surface area contributed by atoms with Crippen molar-refractivity contribution in [2.45, 2.75) is 26.3 Å². The smallest absolute Gasteiger partial charge is 0.175 e.